The van der Waals surface area contributed by atoms with E-state index in [0.29, 0.717) is 24.0 Å². The van der Waals surface area contributed by atoms with Gasteiger partial charge in [0.1, 0.15) is 0 Å². The van der Waals surface area contributed by atoms with Crippen LogP contribution in [-0.2, 0) is 0 Å². The molecule has 130 valence electrons. The highest BCUT2D eigenvalue weighted by molar-refractivity contribution is 5.90. The number of rotatable bonds is 7. The van der Waals surface area contributed by atoms with Crippen molar-refractivity contribution in [1.29, 1.82) is 0 Å². The Morgan fingerprint density at radius 2 is 2.04 bits per heavy atom. The minimum atomic E-state index is -0.527. The molecule has 0 bridgehead atoms. The van der Waals surface area contributed by atoms with Gasteiger partial charge in [0.25, 0.3) is 5.91 Å². The SMILES string of the molecule is COc1cc(C(C)NC(=O)c2n[nH]c(=O)[nH]2)ccc1OCC(C)C. The third kappa shape index (κ3) is 4.37. The molecule has 0 radical (unpaired) electrons. The Labute approximate surface area is 139 Å². The number of hydrogen-bond acceptors (Lipinski definition) is 5. The number of hydrogen-bond donors (Lipinski definition) is 3. The molecule has 0 saturated carbocycles. The maximum atomic E-state index is 12.0. The van der Waals surface area contributed by atoms with Crippen LogP contribution in [0.15, 0.2) is 23.0 Å². The van der Waals surface area contributed by atoms with Gasteiger partial charge in [-0.2, -0.15) is 0 Å². The summed E-state index contributed by atoms with van der Waals surface area (Å²) in [4.78, 5) is 25.3. The van der Waals surface area contributed by atoms with E-state index in [9.17, 15) is 9.59 Å². The lowest BCUT2D eigenvalue weighted by Crippen LogP contribution is -2.28. The van der Waals surface area contributed by atoms with E-state index in [1.54, 1.807) is 7.11 Å². The first kappa shape index (κ1) is 17.6. The van der Waals surface area contributed by atoms with Crippen molar-refractivity contribution < 1.29 is 14.3 Å². The van der Waals surface area contributed by atoms with Gasteiger partial charge in [-0.25, -0.2) is 9.89 Å². The standard InChI is InChI=1S/C16H22N4O4/c1-9(2)8-24-12-6-5-11(7-13(12)23-4)10(3)17-15(21)14-18-16(22)20-19-14/h5-7,9-10H,8H2,1-4H3,(H,17,21)(H2,18,19,20,22). The highest BCUT2D eigenvalue weighted by Crippen LogP contribution is 2.30. The van der Waals surface area contributed by atoms with E-state index < -0.39 is 11.6 Å². The fourth-order valence-electron chi connectivity index (χ4n) is 2.06. The van der Waals surface area contributed by atoms with Crippen molar-refractivity contribution in [3.05, 3.63) is 40.1 Å². The zero-order chi connectivity index (χ0) is 17.7. The molecule has 1 unspecified atom stereocenters. The summed E-state index contributed by atoms with van der Waals surface area (Å²) in [5, 5.41) is 8.51. The third-order valence-electron chi connectivity index (χ3n) is 3.32. The molecule has 1 heterocycles. The van der Waals surface area contributed by atoms with Gasteiger partial charge in [-0.3, -0.25) is 9.78 Å². The van der Waals surface area contributed by atoms with Crippen LogP contribution >= 0.6 is 0 Å². The van der Waals surface area contributed by atoms with Crippen LogP contribution in [0.2, 0.25) is 0 Å². The molecule has 24 heavy (non-hydrogen) atoms. The zero-order valence-electron chi connectivity index (χ0n) is 14.2. The second-order valence-electron chi connectivity index (χ2n) is 5.84. The number of ether oxygens (including phenoxy) is 2. The van der Waals surface area contributed by atoms with Crippen LogP contribution in [0, 0.1) is 5.92 Å². The van der Waals surface area contributed by atoms with Gasteiger partial charge in [-0.05, 0) is 30.5 Å². The van der Waals surface area contributed by atoms with Gasteiger partial charge >= 0.3 is 5.69 Å². The Morgan fingerprint density at radius 1 is 1.29 bits per heavy atom. The first-order valence-corrected chi connectivity index (χ1v) is 7.67. The highest BCUT2D eigenvalue weighted by Gasteiger charge is 2.16. The molecule has 1 aromatic carbocycles. The second kappa shape index (κ2) is 7.67. The fourth-order valence-corrected chi connectivity index (χ4v) is 2.06. The summed E-state index contributed by atoms with van der Waals surface area (Å²) < 4.78 is 11.1. The van der Waals surface area contributed by atoms with Gasteiger partial charge in [-0.1, -0.05) is 19.9 Å². The largest absolute Gasteiger partial charge is 0.493 e. The smallest absolute Gasteiger partial charge is 0.341 e. The average Bonchev–Trinajstić information content (AvgIpc) is 2.99. The Morgan fingerprint density at radius 3 is 2.62 bits per heavy atom. The zero-order valence-corrected chi connectivity index (χ0v) is 14.2. The van der Waals surface area contributed by atoms with Crippen LogP contribution in [0.25, 0.3) is 0 Å². The number of carbonyl (C=O) groups is 1. The lowest BCUT2D eigenvalue weighted by molar-refractivity contribution is 0.0929. The van der Waals surface area contributed by atoms with E-state index in [-0.39, 0.29) is 11.9 Å². The van der Waals surface area contributed by atoms with E-state index in [2.05, 4.69) is 34.3 Å². The molecular formula is C16H22N4O4. The Kier molecular flexibility index (Phi) is 5.62. The summed E-state index contributed by atoms with van der Waals surface area (Å²) in [6.45, 7) is 6.55. The van der Waals surface area contributed by atoms with Gasteiger partial charge in [-0.15, -0.1) is 5.10 Å². The molecule has 1 amide bonds. The molecule has 8 heteroatoms. The molecule has 0 saturated heterocycles. The van der Waals surface area contributed by atoms with E-state index in [4.69, 9.17) is 9.47 Å². The Hall–Kier alpha value is -2.77. The van der Waals surface area contributed by atoms with Crippen molar-refractivity contribution in [2.75, 3.05) is 13.7 Å². The van der Waals surface area contributed by atoms with Crippen LogP contribution in [-0.4, -0.2) is 34.8 Å². The molecule has 0 aliphatic rings. The van der Waals surface area contributed by atoms with Crippen molar-refractivity contribution >= 4 is 5.91 Å². The molecule has 0 fully saturated rings. The number of H-pyrrole nitrogens is 2. The van der Waals surface area contributed by atoms with Gasteiger partial charge in [0.2, 0.25) is 5.82 Å². The molecule has 2 aromatic rings. The van der Waals surface area contributed by atoms with Crippen LogP contribution in [0.4, 0.5) is 0 Å². The van der Waals surface area contributed by atoms with E-state index >= 15 is 0 Å². The van der Waals surface area contributed by atoms with Crippen LogP contribution in [0.5, 0.6) is 11.5 Å². The average molecular weight is 334 g/mol. The predicted molar refractivity (Wildman–Crippen MR) is 88.4 cm³/mol. The van der Waals surface area contributed by atoms with Crippen molar-refractivity contribution in [1.82, 2.24) is 20.5 Å². The second-order valence-corrected chi connectivity index (χ2v) is 5.84. The summed E-state index contributed by atoms with van der Waals surface area (Å²) >= 11 is 0. The summed E-state index contributed by atoms with van der Waals surface area (Å²) in [5.41, 5.74) is 0.316. The van der Waals surface area contributed by atoms with Crippen molar-refractivity contribution in [2.24, 2.45) is 5.92 Å². The molecule has 0 spiro atoms. The van der Waals surface area contributed by atoms with E-state index in [1.165, 1.54) is 0 Å². The lowest BCUT2D eigenvalue weighted by atomic mass is 10.1. The topological polar surface area (TPSA) is 109 Å². The lowest BCUT2D eigenvalue weighted by Gasteiger charge is -2.17. The Bertz CT molecular complexity index is 751. The number of aromatic amines is 2. The van der Waals surface area contributed by atoms with Gasteiger partial charge in [0, 0.05) is 0 Å². The first-order chi connectivity index (χ1) is 11.4. The number of amides is 1. The summed E-state index contributed by atoms with van der Waals surface area (Å²) in [6.07, 6.45) is 0. The number of nitrogens with one attached hydrogen (secondary N) is 3. The highest BCUT2D eigenvalue weighted by atomic mass is 16.5. The van der Waals surface area contributed by atoms with Crippen molar-refractivity contribution in [2.45, 2.75) is 26.8 Å². The van der Waals surface area contributed by atoms with Crippen LogP contribution in [0.3, 0.4) is 0 Å². The maximum absolute atomic E-state index is 12.0. The van der Waals surface area contributed by atoms with Crippen molar-refractivity contribution in [3.8, 4) is 11.5 Å². The number of methoxy groups -OCH3 is 1. The van der Waals surface area contributed by atoms with Crippen LogP contribution in [0.1, 0.15) is 43.0 Å². The predicted octanol–water partition coefficient (Wildman–Crippen LogP) is 1.63. The Balaban J connectivity index is 2.10. The summed E-state index contributed by atoms with van der Waals surface area (Å²) in [5.74, 6) is 1.13. The minimum absolute atomic E-state index is 0.0595. The third-order valence-corrected chi connectivity index (χ3v) is 3.32. The van der Waals surface area contributed by atoms with Crippen molar-refractivity contribution in [3.63, 3.8) is 0 Å². The number of benzene rings is 1. The normalized spacial score (nSPS) is 12.0. The van der Waals surface area contributed by atoms with Gasteiger partial charge in [0.05, 0.1) is 19.8 Å². The number of carbonyl (C=O) groups excluding carboxylic acids is 1. The molecule has 0 aliphatic heterocycles. The fraction of sp³-hybridized carbons (Fsp3) is 0.438. The summed E-state index contributed by atoms with van der Waals surface area (Å²) in [6, 6.07) is 5.19. The van der Waals surface area contributed by atoms with E-state index in [0.717, 1.165) is 5.56 Å². The number of nitrogens with zero attached hydrogens (tertiary/aromatic N) is 1. The molecule has 1 aromatic heterocycles. The van der Waals surface area contributed by atoms with E-state index in [1.807, 2.05) is 25.1 Å². The van der Waals surface area contributed by atoms with Crippen LogP contribution < -0.4 is 20.5 Å². The van der Waals surface area contributed by atoms with Gasteiger partial charge in [0.15, 0.2) is 11.5 Å². The number of aromatic nitrogens is 3. The molecule has 2 rings (SSSR count). The monoisotopic (exact) mass is 334 g/mol. The minimum Gasteiger partial charge on any atom is -0.493 e. The first-order valence-electron chi connectivity index (χ1n) is 7.67. The molecule has 3 N–H and O–H groups in total. The quantitative estimate of drug-likeness (QED) is 0.713. The van der Waals surface area contributed by atoms with Gasteiger partial charge < -0.3 is 14.8 Å². The molecule has 8 nitrogen and oxygen atoms in total. The molecule has 0 aliphatic carbocycles. The summed E-state index contributed by atoms with van der Waals surface area (Å²) in [7, 11) is 1.57. The maximum Gasteiger partial charge on any atom is 0.341 e. The molecular weight excluding hydrogens is 312 g/mol. The molecule has 1 atom stereocenters.